The van der Waals surface area contributed by atoms with Crippen LogP contribution in [0.5, 0.6) is 0 Å². The van der Waals surface area contributed by atoms with Crippen molar-refractivity contribution in [2.75, 3.05) is 0 Å². The Bertz CT molecular complexity index is 165. The van der Waals surface area contributed by atoms with Crippen molar-refractivity contribution >= 4 is 23.2 Å². The van der Waals surface area contributed by atoms with Crippen molar-refractivity contribution < 1.29 is 0 Å². The van der Waals surface area contributed by atoms with Gasteiger partial charge in [-0.2, -0.15) is 0 Å². The van der Waals surface area contributed by atoms with Crippen molar-refractivity contribution in [1.82, 2.24) is 0 Å². The van der Waals surface area contributed by atoms with Crippen LogP contribution in [0.2, 0.25) is 0 Å². The Morgan fingerprint density at radius 1 is 1.36 bits per heavy atom. The molecule has 1 rings (SSSR count). The van der Waals surface area contributed by atoms with Gasteiger partial charge in [0.2, 0.25) is 0 Å². The maximum Gasteiger partial charge on any atom is 0.0582 e. The van der Waals surface area contributed by atoms with Crippen LogP contribution in [0.4, 0.5) is 0 Å². The van der Waals surface area contributed by atoms with Gasteiger partial charge in [-0.1, -0.05) is 26.0 Å². The summed E-state index contributed by atoms with van der Waals surface area (Å²) in [7, 11) is 0. The molecular formula is C9H14Cl2. The molecule has 1 aliphatic rings. The van der Waals surface area contributed by atoms with Gasteiger partial charge in [0.1, 0.15) is 0 Å². The van der Waals surface area contributed by atoms with Crippen molar-refractivity contribution in [2.24, 2.45) is 11.8 Å². The minimum atomic E-state index is 0.0775. The van der Waals surface area contributed by atoms with Crippen LogP contribution in [-0.4, -0.2) is 10.8 Å². The first-order valence-corrected chi connectivity index (χ1v) is 4.87. The zero-order valence-corrected chi connectivity index (χ0v) is 8.49. The Labute approximate surface area is 78.6 Å². The average Bonchev–Trinajstić information content (AvgIpc) is 1.97. The number of rotatable bonds is 0. The van der Waals surface area contributed by atoms with Crippen LogP contribution < -0.4 is 0 Å². The van der Waals surface area contributed by atoms with Crippen LogP contribution in [0.25, 0.3) is 0 Å². The lowest BCUT2D eigenvalue weighted by molar-refractivity contribution is 0.373. The summed E-state index contributed by atoms with van der Waals surface area (Å²) in [6, 6.07) is 0. The normalized spacial score (nSPS) is 46.0. The Kier molecular flexibility index (Phi) is 2.88. The maximum atomic E-state index is 6.15. The van der Waals surface area contributed by atoms with E-state index in [4.69, 9.17) is 23.2 Å². The fourth-order valence-corrected chi connectivity index (χ4v) is 2.24. The monoisotopic (exact) mass is 192 g/mol. The van der Waals surface area contributed by atoms with Gasteiger partial charge >= 0.3 is 0 Å². The average molecular weight is 193 g/mol. The third kappa shape index (κ3) is 1.73. The standard InChI is InChI=1S/C9H14Cl2/c1-5-4-6(2)9(11)7(3)8(5)10/h6-9H,1,4H2,2-3H3. The van der Waals surface area contributed by atoms with Gasteiger partial charge in [-0.15, -0.1) is 23.2 Å². The van der Waals surface area contributed by atoms with Crippen molar-refractivity contribution in [3.63, 3.8) is 0 Å². The second-order valence-corrected chi connectivity index (χ2v) is 4.52. The Morgan fingerprint density at radius 2 is 1.91 bits per heavy atom. The zero-order valence-electron chi connectivity index (χ0n) is 6.98. The molecule has 1 fully saturated rings. The Hall–Kier alpha value is 0.320. The van der Waals surface area contributed by atoms with Gasteiger partial charge in [0.15, 0.2) is 0 Å². The lowest BCUT2D eigenvalue weighted by atomic mass is 9.80. The number of alkyl halides is 2. The van der Waals surface area contributed by atoms with E-state index in [9.17, 15) is 0 Å². The van der Waals surface area contributed by atoms with Crippen LogP contribution in [0.1, 0.15) is 20.3 Å². The molecule has 0 N–H and O–H groups in total. The van der Waals surface area contributed by atoms with Gasteiger partial charge < -0.3 is 0 Å². The zero-order chi connectivity index (χ0) is 8.59. The van der Waals surface area contributed by atoms with E-state index in [-0.39, 0.29) is 10.8 Å². The minimum absolute atomic E-state index is 0.0775. The smallest absolute Gasteiger partial charge is 0.0582 e. The first-order valence-electron chi connectivity index (χ1n) is 4.00. The molecule has 0 amide bonds. The molecule has 1 saturated carbocycles. The predicted octanol–water partition coefficient (Wildman–Crippen LogP) is 3.43. The lowest BCUT2D eigenvalue weighted by Gasteiger charge is -2.35. The topological polar surface area (TPSA) is 0 Å². The van der Waals surface area contributed by atoms with Crippen LogP contribution >= 0.6 is 23.2 Å². The molecule has 64 valence electrons. The van der Waals surface area contributed by atoms with E-state index in [1.165, 1.54) is 0 Å². The van der Waals surface area contributed by atoms with E-state index in [2.05, 4.69) is 20.4 Å². The van der Waals surface area contributed by atoms with E-state index in [0.717, 1.165) is 12.0 Å². The van der Waals surface area contributed by atoms with Gasteiger partial charge in [-0.05, 0) is 18.3 Å². The van der Waals surface area contributed by atoms with Gasteiger partial charge in [0, 0.05) is 5.38 Å². The lowest BCUT2D eigenvalue weighted by Crippen LogP contribution is -2.34. The molecule has 11 heavy (non-hydrogen) atoms. The van der Waals surface area contributed by atoms with Gasteiger partial charge in [-0.3, -0.25) is 0 Å². The fourth-order valence-electron chi connectivity index (χ4n) is 1.69. The molecule has 0 aromatic carbocycles. The molecule has 0 aromatic heterocycles. The van der Waals surface area contributed by atoms with Gasteiger partial charge in [-0.25, -0.2) is 0 Å². The summed E-state index contributed by atoms with van der Waals surface area (Å²) >= 11 is 12.2. The molecule has 0 bridgehead atoms. The van der Waals surface area contributed by atoms with Crippen molar-refractivity contribution in [3.05, 3.63) is 12.2 Å². The summed E-state index contributed by atoms with van der Waals surface area (Å²) < 4.78 is 0. The molecule has 0 nitrogen and oxygen atoms in total. The van der Waals surface area contributed by atoms with Crippen molar-refractivity contribution in [1.29, 1.82) is 0 Å². The second-order valence-electron chi connectivity index (χ2n) is 3.54. The van der Waals surface area contributed by atoms with Crippen LogP contribution in [0, 0.1) is 11.8 Å². The molecule has 4 atom stereocenters. The molecule has 0 saturated heterocycles. The van der Waals surface area contributed by atoms with E-state index < -0.39 is 0 Å². The highest BCUT2D eigenvalue weighted by molar-refractivity contribution is 6.25. The first-order chi connectivity index (χ1) is 5.04. The number of hydrogen-bond acceptors (Lipinski definition) is 0. The summed E-state index contributed by atoms with van der Waals surface area (Å²) in [5.41, 5.74) is 1.14. The third-order valence-electron chi connectivity index (χ3n) is 2.48. The summed E-state index contributed by atoms with van der Waals surface area (Å²) in [4.78, 5) is 0. The Morgan fingerprint density at radius 3 is 2.45 bits per heavy atom. The minimum Gasteiger partial charge on any atom is -0.122 e. The van der Waals surface area contributed by atoms with Crippen molar-refractivity contribution in [2.45, 2.75) is 31.0 Å². The number of allylic oxidation sites excluding steroid dienone is 1. The van der Waals surface area contributed by atoms with Gasteiger partial charge in [0.25, 0.3) is 0 Å². The highest BCUT2D eigenvalue weighted by atomic mass is 35.5. The summed E-state index contributed by atoms with van der Waals surface area (Å²) in [6.45, 7) is 8.19. The predicted molar refractivity (Wildman–Crippen MR) is 51.4 cm³/mol. The fraction of sp³-hybridized carbons (Fsp3) is 0.778. The largest absolute Gasteiger partial charge is 0.122 e. The number of hydrogen-bond donors (Lipinski definition) is 0. The molecular weight excluding hydrogens is 179 g/mol. The van der Waals surface area contributed by atoms with Crippen LogP contribution in [0.3, 0.4) is 0 Å². The Balaban J connectivity index is 2.70. The maximum absolute atomic E-state index is 6.15. The molecule has 4 unspecified atom stereocenters. The van der Waals surface area contributed by atoms with E-state index in [1.54, 1.807) is 0 Å². The quantitative estimate of drug-likeness (QED) is 0.408. The van der Waals surface area contributed by atoms with Gasteiger partial charge in [0.05, 0.1) is 5.38 Å². The molecule has 0 aromatic rings. The highest BCUT2D eigenvalue weighted by Gasteiger charge is 2.34. The summed E-state index contributed by atoms with van der Waals surface area (Å²) in [5.74, 6) is 0.878. The molecule has 0 aliphatic heterocycles. The van der Waals surface area contributed by atoms with E-state index in [0.29, 0.717) is 11.8 Å². The summed E-state index contributed by atoms with van der Waals surface area (Å²) in [5, 5.41) is 0.289. The number of halogens is 2. The van der Waals surface area contributed by atoms with E-state index >= 15 is 0 Å². The molecule has 0 radical (unpaired) electrons. The first kappa shape index (κ1) is 9.41. The molecule has 0 spiro atoms. The molecule has 0 heterocycles. The van der Waals surface area contributed by atoms with Crippen molar-refractivity contribution in [3.8, 4) is 0 Å². The third-order valence-corrected chi connectivity index (χ3v) is 4.02. The SMILES string of the molecule is C=C1CC(C)C(Cl)C(C)C1Cl. The van der Waals surface area contributed by atoms with E-state index in [1.807, 2.05) is 0 Å². The summed E-state index contributed by atoms with van der Waals surface area (Å²) in [6.07, 6.45) is 0.979. The second kappa shape index (κ2) is 3.37. The molecule has 2 heteroatoms. The molecule has 1 aliphatic carbocycles. The highest BCUT2D eigenvalue weighted by Crippen LogP contribution is 2.38. The van der Waals surface area contributed by atoms with Crippen LogP contribution in [-0.2, 0) is 0 Å². The van der Waals surface area contributed by atoms with Crippen LogP contribution in [0.15, 0.2) is 12.2 Å².